The van der Waals surface area contributed by atoms with Crippen LogP contribution in [0.5, 0.6) is 5.88 Å². The van der Waals surface area contributed by atoms with Gasteiger partial charge in [-0.05, 0) is 6.07 Å². The fourth-order valence-electron chi connectivity index (χ4n) is 1.31. The van der Waals surface area contributed by atoms with Gasteiger partial charge >= 0.3 is 6.18 Å². The van der Waals surface area contributed by atoms with Crippen molar-refractivity contribution in [2.75, 3.05) is 13.7 Å². The van der Waals surface area contributed by atoms with E-state index in [0.29, 0.717) is 12.3 Å². The van der Waals surface area contributed by atoms with Crippen LogP contribution in [0.2, 0.25) is 0 Å². The van der Waals surface area contributed by atoms with Crippen molar-refractivity contribution in [3.05, 3.63) is 23.4 Å². The molecule has 0 aliphatic rings. The van der Waals surface area contributed by atoms with E-state index >= 15 is 0 Å². The minimum absolute atomic E-state index is 0.247. The minimum atomic E-state index is -4.63. The first-order valence-corrected chi connectivity index (χ1v) is 4.89. The molecule has 102 valence electrons. The minimum Gasteiger partial charge on any atom is -0.481 e. The second-order valence-corrected chi connectivity index (χ2v) is 3.52. The Morgan fingerprint density at radius 3 is 2.44 bits per heavy atom. The molecule has 0 fully saturated rings. The lowest BCUT2D eigenvalue weighted by molar-refractivity contribution is -0.138. The SMILES string of the molecule is COc1ncc(C(F)(F)F)cc1C(O)C(O)CO. The van der Waals surface area contributed by atoms with Gasteiger partial charge in [0.15, 0.2) is 0 Å². The number of hydrogen-bond donors (Lipinski definition) is 3. The van der Waals surface area contributed by atoms with E-state index in [1.54, 1.807) is 0 Å². The molecule has 18 heavy (non-hydrogen) atoms. The number of alkyl halides is 3. The molecule has 0 amide bonds. The van der Waals surface area contributed by atoms with E-state index in [4.69, 9.17) is 9.84 Å². The van der Waals surface area contributed by atoms with Crippen LogP contribution in [0.1, 0.15) is 17.2 Å². The van der Waals surface area contributed by atoms with Gasteiger partial charge in [-0.15, -0.1) is 0 Å². The first-order chi connectivity index (χ1) is 8.31. The zero-order chi connectivity index (χ0) is 13.9. The molecule has 2 unspecified atom stereocenters. The van der Waals surface area contributed by atoms with Crippen molar-refractivity contribution in [3.8, 4) is 5.88 Å². The monoisotopic (exact) mass is 267 g/mol. The lowest BCUT2D eigenvalue weighted by atomic mass is 10.0. The Morgan fingerprint density at radius 1 is 1.39 bits per heavy atom. The van der Waals surface area contributed by atoms with Gasteiger partial charge in [-0.2, -0.15) is 13.2 Å². The molecule has 8 heteroatoms. The highest BCUT2D eigenvalue weighted by molar-refractivity contribution is 5.33. The summed E-state index contributed by atoms with van der Waals surface area (Å²) in [4.78, 5) is 3.41. The van der Waals surface area contributed by atoms with E-state index in [-0.39, 0.29) is 11.4 Å². The predicted octanol–water partition coefficient (Wildman–Crippen LogP) is 0.496. The van der Waals surface area contributed by atoms with Crippen molar-refractivity contribution in [2.45, 2.75) is 18.4 Å². The van der Waals surface area contributed by atoms with Gasteiger partial charge in [0.2, 0.25) is 5.88 Å². The normalized spacial score (nSPS) is 15.3. The van der Waals surface area contributed by atoms with Crippen LogP contribution in [0.15, 0.2) is 12.3 Å². The van der Waals surface area contributed by atoms with Crippen LogP contribution in [0.25, 0.3) is 0 Å². The summed E-state index contributed by atoms with van der Waals surface area (Å²) in [7, 11) is 1.16. The number of pyridine rings is 1. The number of aliphatic hydroxyl groups excluding tert-OH is 3. The molecular formula is C10H12F3NO4. The number of rotatable bonds is 4. The lowest BCUT2D eigenvalue weighted by Gasteiger charge is -2.19. The highest BCUT2D eigenvalue weighted by Gasteiger charge is 2.33. The smallest absolute Gasteiger partial charge is 0.417 e. The number of aromatic nitrogens is 1. The molecule has 0 radical (unpaired) electrons. The lowest BCUT2D eigenvalue weighted by Crippen LogP contribution is -2.23. The summed E-state index contributed by atoms with van der Waals surface area (Å²) in [5.74, 6) is -0.247. The number of halogens is 3. The van der Waals surface area contributed by atoms with Gasteiger partial charge in [0, 0.05) is 11.8 Å². The van der Waals surface area contributed by atoms with E-state index in [0.717, 1.165) is 7.11 Å². The van der Waals surface area contributed by atoms with Crippen molar-refractivity contribution in [1.82, 2.24) is 4.98 Å². The third kappa shape index (κ3) is 3.09. The molecule has 1 aromatic rings. The molecule has 0 saturated carbocycles. The molecule has 1 heterocycles. The fourth-order valence-corrected chi connectivity index (χ4v) is 1.31. The van der Waals surface area contributed by atoms with E-state index in [1.807, 2.05) is 0 Å². The van der Waals surface area contributed by atoms with Gasteiger partial charge in [0.25, 0.3) is 0 Å². The maximum atomic E-state index is 12.5. The van der Waals surface area contributed by atoms with Gasteiger partial charge in [0.1, 0.15) is 12.2 Å². The average molecular weight is 267 g/mol. The highest BCUT2D eigenvalue weighted by atomic mass is 19.4. The maximum Gasteiger partial charge on any atom is 0.417 e. The Hall–Kier alpha value is -1.38. The Morgan fingerprint density at radius 2 is 2.00 bits per heavy atom. The van der Waals surface area contributed by atoms with Gasteiger partial charge in [-0.1, -0.05) is 0 Å². The summed E-state index contributed by atoms with van der Waals surface area (Å²) in [5, 5.41) is 27.5. The molecule has 0 spiro atoms. The predicted molar refractivity (Wildman–Crippen MR) is 53.8 cm³/mol. The van der Waals surface area contributed by atoms with Crippen molar-refractivity contribution in [3.63, 3.8) is 0 Å². The summed E-state index contributed by atoms with van der Waals surface area (Å²) in [6.07, 6.45) is -7.41. The van der Waals surface area contributed by atoms with Crippen molar-refractivity contribution < 1.29 is 33.2 Å². The van der Waals surface area contributed by atoms with Crippen LogP contribution in [0.3, 0.4) is 0 Å². The first kappa shape index (κ1) is 14.7. The van der Waals surface area contributed by atoms with E-state index < -0.39 is 30.6 Å². The van der Waals surface area contributed by atoms with Crippen LogP contribution in [-0.2, 0) is 6.18 Å². The molecule has 0 aliphatic carbocycles. The summed E-state index contributed by atoms with van der Waals surface area (Å²) < 4.78 is 42.1. The fraction of sp³-hybridized carbons (Fsp3) is 0.500. The second kappa shape index (κ2) is 5.51. The number of methoxy groups -OCH3 is 1. The Kier molecular flexibility index (Phi) is 4.49. The molecule has 5 nitrogen and oxygen atoms in total. The van der Waals surface area contributed by atoms with Gasteiger partial charge in [0.05, 0.1) is 19.3 Å². The van der Waals surface area contributed by atoms with Crippen LogP contribution in [0, 0.1) is 0 Å². The maximum absolute atomic E-state index is 12.5. The third-order valence-electron chi connectivity index (χ3n) is 2.27. The topological polar surface area (TPSA) is 82.8 Å². The largest absolute Gasteiger partial charge is 0.481 e. The number of nitrogens with zero attached hydrogens (tertiary/aromatic N) is 1. The summed E-state index contributed by atoms with van der Waals surface area (Å²) in [6.45, 7) is -0.805. The van der Waals surface area contributed by atoms with Crippen LogP contribution in [-0.4, -0.2) is 40.1 Å². The summed E-state index contributed by atoms with van der Waals surface area (Å²) in [5.41, 5.74) is -1.42. The van der Waals surface area contributed by atoms with Crippen LogP contribution in [0.4, 0.5) is 13.2 Å². The average Bonchev–Trinajstić information content (AvgIpc) is 2.35. The molecule has 0 bridgehead atoms. The molecule has 2 atom stereocenters. The van der Waals surface area contributed by atoms with E-state index in [1.165, 1.54) is 0 Å². The van der Waals surface area contributed by atoms with Gasteiger partial charge < -0.3 is 20.1 Å². The van der Waals surface area contributed by atoms with Crippen LogP contribution >= 0.6 is 0 Å². The van der Waals surface area contributed by atoms with Gasteiger partial charge in [-0.3, -0.25) is 0 Å². The molecule has 0 aliphatic heterocycles. The summed E-state index contributed by atoms with van der Waals surface area (Å²) in [6, 6.07) is 0.620. The van der Waals surface area contributed by atoms with E-state index in [2.05, 4.69) is 4.98 Å². The van der Waals surface area contributed by atoms with Crippen molar-refractivity contribution >= 4 is 0 Å². The Balaban J connectivity index is 3.22. The zero-order valence-corrected chi connectivity index (χ0v) is 9.35. The summed E-state index contributed by atoms with van der Waals surface area (Å²) >= 11 is 0. The van der Waals surface area contributed by atoms with Crippen molar-refractivity contribution in [1.29, 1.82) is 0 Å². The molecule has 3 N–H and O–H groups in total. The number of aliphatic hydroxyl groups is 3. The molecular weight excluding hydrogens is 255 g/mol. The van der Waals surface area contributed by atoms with E-state index in [9.17, 15) is 23.4 Å². The third-order valence-corrected chi connectivity index (χ3v) is 2.27. The quantitative estimate of drug-likeness (QED) is 0.739. The number of hydrogen-bond acceptors (Lipinski definition) is 5. The molecule has 0 saturated heterocycles. The van der Waals surface area contributed by atoms with Crippen LogP contribution < -0.4 is 4.74 Å². The van der Waals surface area contributed by atoms with Crippen molar-refractivity contribution in [2.24, 2.45) is 0 Å². The standard InChI is InChI=1S/C10H12F3NO4/c1-18-9-6(8(17)7(16)4-15)2-5(3-14-9)10(11,12)13/h2-3,7-8,15-17H,4H2,1H3. The molecule has 1 aromatic heterocycles. The van der Waals surface area contributed by atoms with Gasteiger partial charge in [-0.25, -0.2) is 4.98 Å². The zero-order valence-electron chi connectivity index (χ0n) is 9.35. The Bertz CT molecular complexity index is 411. The second-order valence-electron chi connectivity index (χ2n) is 3.52. The highest BCUT2D eigenvalue weighted by Crippen LogP contribution is 2.34. The first-order valence-electron chi connectivity index (χ1n) is 4.89. The molecule has 1 rings (SSSR count). The molecule has 0 aromatic carbocycles. The Labute approximate surface area is 100 Å². The number of ether oxygens (including phenoxy) is 1.